The Hall–Kier alpha value is -2.21. The molecule has 6 heteroatoms. The molecule has 1 aromatic heterocycles. The van der Waals surface area contributed by atoms with Gasteiger partial charge in [-0.1, -0.05) is 32.9 Å². The van der Waals surface area contributed by atoms with Crippen LogP contribution < -0.4 is 0 Å². The first-order valence-corrected chi connectivity index (χ1v) is 11.1. The van der Waals surface area contributed by atoms with Crippen LogP contribution in [0.1, 0.15) is 56.2 Å². The summed E-state index contributed by atoms with van der Waals surface area (Å²) < 4.78 is 13.5. The van der Waals surface area contributed by atoms with Crippen LogP contribution in [0.2, 0.25) is 0 Å². The van der Waals surface area contributed by atoms with Crippen molar-refractivity contribution in [2.24, 2.45) is 5.92 Å². The predicted octanol–water partition coefficient (Wildman–Crippen LogP) is 4.64. The Labute approximate surface area is 176 Å². The maximum absolute atomic E-state index is 13.5. The number of thiophene rings is 1. The number of carbonyl (C=O) groups excluding carboxylic acids is 2. The van der Waals surface area contributed by atoms with E-state index >= 15 is 0 Å². The molecule has 1 aliphatic heterocycles. The van der Waals surface area contributed by atoms with Gasteiger partial charge in [-0.05, 0) is 54.5 Å². The van der Waals surface area contributed by atoms with Crippen LogP contribution in [0.15, 0.2) is 35.7 Å². The lowest BCUT2D eigenvalue weighted by molar-refractivity contribution is -0.145. The molecule has 156 valence electrons. The van der Waals surface area contributed by atoms with Crippen molar-refractivity contribution in [3.63, 3.8) is 0 Å². The Morgan fingerprint density at radius 3 is 2.52 bits per heavy atom. The number of nitrogens with zero attached hydrogens (tertiary/aromatic N) is 2. The molecule has 2 aromatic rings. The van der Waals surface area contributed by atoms with E-state index in [2.05, 4.69) is 6.07 Å². The number of carbonyl (C=O) groups is 2. The van der Waals surface area contributed by atoms with E-state index in [4.69, 9.17) is 0 Å². The van der Waals surface area contributed by atoms with Crippen molar-refractivity contribution in [3.8, 4) is 0 Å². The van der Waals surface area contributed by atoms with Gasteiger partial charge in [-0.2, -0.15) is 0 Å². The minimum Gasteiger partial charge on any atom is -0.330 e. The smallest absolute Gasteiger partial charge is 0.243 e. The highest BCUT2D eigenvalue weighted by atomic mass is 32.1. The fourth-order valence-electron chi connectivity index (χ4n) is 3.83. The lowest BCUT2D eigenvalue weighted by atomic mass is 9.93. The molecule has 0 radical (unpaired) electrons. The number of halogens is 1. The molecule has 0 spiro atoms. The maximum Gasteiger partial charge on any atom is 0.243 e. The molecular formula is C23H29FN2O2S. The molecule has 4 nitrogen and oxygen atoms in total. The molecule has 2 atom stereocenters. The van der Waals surface area contributed by atoms with Crippen LogP contribution in [-0.4, -0.2) is 40.7 Å². The van der Waals surface area contributed by atoms with Gasteiger partial charge in [0, 0.05) is 23.4 Å². The molecule has 2 heterocycles. The summed E-state index contributed by atoms with van der Waals surface area (Å²) in [6.45, 7) is 8.40. The van der Waals surface area contributed by atoms with E-state index in [1.54, 1.807) is 28.4 Å². The molecule has 0 saturated heterocycles. The quantitative estimate of drug-likeness (QED) is 0.688. The molecule has 3 rings (SSSR count). The SMILES string of the molecule is CC[C@H](C)N(CC(=O)N1CCc2sccc2[C@@H]1c1ccc(F)cc1)C(=O)C(C)C. The summed E-state index contributed by atoms with van der Waals surface area (Å²) in [5, 5.41) is 2.04. The second-order valence-electron chi connectivity index (χ2n) is 7.97. The Kier molecular flexibility index (Phi) is 6.73. The van der Waals surface area contributed by atoms with Crippen LogP contribution in [0.5, 0.6) is 0 Å². The minimum absolute atomic E-state index is 0.000352. The van der Waals surface area contributed by atoms with Gasteiger partial charge in [0.2, 0.25) is 11.8 Å². The lowest BCUT2D eigenvalue weighted by Crippen LogP contribution is -2.50. The van der Waals surface area contributed by atoms with Gasteiger partial charge >= 0.3 is 0 Å². The van der Waals surface area contributed by atoms with Gasteiger partial charge in [0.05, 0.1) is 6.04 Å². The van der Waals surface area contributed by atoms with Gasteiger partial charge in [0.1, 0.15) is 12.4 Å². The topological polar surface area (TPSA) is 40.6 Å². The fourth-order valence-corrected chi connectivity index (χ4v) is 4.73. The Balaban J connectivity index is 1.91. The summed E-state index contributed by atoms with van der Waals surface area (Å²) in [6, 6.07) is 8.18. The van der Waals surface area contributed by atoms with E-state index < -0.39 is 0 Å². The van der Waals surface area contributed by atoms with E-state index in [0.717, 1.165) is 24.0 Å². The van der Waals surface area contributed by atoms with Crippen molar-refractivity contribution >= 4 is 23.2 Å². The minimum atomic E-state index is -0.293. The first kappa shape index (κ1) is 21.5. The maximum atomic E-state index is 13.5. The number of hydrogen-bond acceptors (Lipinski definition) is 3. The second-order valence-corrected chi connectivity index (χ2v) is 8.97. The third-order valence-corrected chi connectivity index (χ3v) is 6.67. The normalized spacial score (nSPS) is 17.2. The Morgan fingerprint density at radius 1 is 1.21 bits per heavy atom. The molecule has 0 bridgehead atoms. The predicted molar refractivity (Wildman–Crippen MR) is 114 cm³/mol. The number of fused-ring (bicyclic) bond motifs is 1. The third kappa shape index (κ3) is 4.53. The number of benzene rings is 1. The van der Waals surface area contributed by atoms with E-state index in [1.807, 2.05) is 38.0 Å². The van der Waals surface area contributed by atoms with Crippen LogP contribution in [0.4, 0.5) is 4.39 Å². The van der Waals surface area contributed by atoms with Gasteiger partial charge in [0.15, 0.2) is 0 Å². The van der Waals surface area contributed by atoms with Crippen molar-refractivity contribution in [2.75, 3.05) is 13.1 Å². The van der Waals surface area contributed by atoms with E-state index in [1.165, 1.54) is 17.0 Å². The molecule has 0 aliphatic carbocycles. The molecule has 29 heavy (non-hydrogen) atoms. The zero-order valence-electron chi connectivity index (χ0n) is 17.5. The molecule has 0 fully saturated rings. The average Bonchev–Trinajstić information content (AvgIpc) is 3.19. The Bertz CT molecular complexity index is 862. The van der Waals surface area contributed by atoms with Gasteiger partial charge in [0.25, 0.3) is 0 Å². The summed E-state index contributed by atoms with van der Waals surface area (Å²) in [4.78, 5) is 30.9. The third-order valence-electron chi connectivity index (χ3n) is 5.68. The molecule has 0 saturated carbocycles. The van der Waals surface area contributed by atoms with Gasteiger partial charge in [-0.25, -0.2) is 4.39 Å². The largest absolute Gasteiger partial charge is 0.330 e. The van der Waals surface area contributed by atoms with Crippen LogP contribution in [0, 0.1) is 11.7 Å². The fraction of sp³-hybridized carbons (Fsp3) is 0.478. The van der Waals surface area contributed by atoms with Crippen molar-refractivity contribution in [1.29, 1.82) is 0 Å². The summed E-state index contributed by atoms with van der Waals surface area (Å²) >= 11 is 1.70. The van der Waals surface area contributed by atoms with Gasteiger partial charge < -0.3 is 9.80 Å². The molecule has 1 aliphatic rings. The average molecular weight is 417 g/mol. The molecular weight excluding hydrogens is 387 g/mol. The van der Waals surface area contributed by atoms with Crippen molar-refractivity contribution < 1.29 is 14.0 Å². The molecule has 0 unspecified atom stereocenters. The van der Waals surface area contributed by atoms with E-state index in [0.29, 0.717) is 6.54 Å². The summed E-state index contributed by atoms with van der Waals surface area (Å²) in [6.07, 6.45) is 1.60. The standard InChI is InChI=1S/C23H29FN2O2S/c1-5-16(4)26(23(28)15(2)3)14-21(27)25-12-10-20-19(11-13-29-20)22(25)17-6-8-18(24)9-7-17/h6-9,11,13,15-16,22H,5,10,12,14H2,1-4H3/t16-,22-/m0/s1. The second kappa shape index (κ2) is 9.08. The van der Waals surface area contributed by atoms with Gasteiger partial charge in [-0.3, -0.25) is 9.59 Å². The number of rotatable bonds is 6. The Morgan fingerprint density at radius 2 is 1.90 bits per heavy atom. The summed E-state index contributed by atoms with van der Waals surface area (Å²) in [7, 11) is 0. The molecule has 1 aromatic carbocycles. The van der Waals surface area contributed by atoms with Crippen LogP contribution in [0.3, 0.4) is 0 Å². The first-order valence-electron chi connectivity index (χ1n) is 10.2. The molecule has 2 amide bonds. The highest BCUT2D eigenvalue weighted by Crippen LogP contribution is 2.38. The highest BCUT2D eigenvalue weighted by molar-refractivity contribution is 7.10. The van der Waals surface area contributed by atoms with Crippen LogP contribution in [0.25, 0.3) is 0 Å². The van der Waals surface area contributed by atoms with Crippen molar-refractivity contribution in [3.05, 3.63) is 57.5 Å². The van der Waals surface area contributed by atoms with E-state index in [-0.39, 0.29) is 42.2 Å². The van der Waals surface area contributed by atoms with Crippen molar-refractivity contribution in [2.45, 2.75) is 52.6 Å². The number of amides is 2. The monoisotopic (exact) mass is 416 g/mol. The first-order chi connectivity index (χ1) is 13.8. The molecule has 0 N–H and O–H groups in total. The van der Waals surface area contributed by atoms with E-state index in [9.17, 15) is 14.0 Å². The van der Waals surface area contributed by atoms with Crippen molar-refractivity contribution in [1.82, 2.24) is 9.80 Å². The number of hydrogen-bond donors (Lipinski definition) is 0. The zero-order chi connectivity index (χ0) is 21.1. The summed E-state index contributed by atoms with van der Waals surface area (Å²) in [5.41, 5.74) is 2.00. The van der Waals surface area contributed by atoms with Crippen LogP contribution in [-0.2, 0) is 16.0 Å². The zero-order valence-corrected chi connectivity index (χ0v) is 18.3. The van der Waals surface area contributed by atoms with Crippen LogP contribution >= 0.6 is 11.3 Å². The van der Waals surface area contributed by atoms with Gasteiger partial charge in [-0.15, -0.1) is 11.3 Å². The lowest BCUT2D eigenvalue weighted by Gasteiger charge is -2.38. The highest BCUT2D eigenvalue weighted by Gasteiger charge is 2.34. The summed E-state index contributed by atoms with van der Waals surface area (Å²) in [5.74, 6) is -0.516.